The zero-order chi connectivity index (χ0) is 15.9. The van der Waals surface area contributed by atoms with E-state index in [4.69, 9.17) is 0 Å². The number of carbonyl (C=O) groups is 2. The number of hydrogen-bond acceptors (Lipinski definition) is 3. The Labute approximate surface area is 138 Å². The van der Waals surface area contributed by atoms with Gasteiger partial charge in [0.05, 0.1) is 0 Å². The third-order valence-electron chi connectivity index (χ3n) is 4.98. The standard InChI is InChI=1S/C14H20F3N3O2.ClH/c15-14(16,17)11-4-3-10(12(21)19-11)13(22)20-8-1-2-9(20)7-18-6-5-8;/h8-11,18H,1-7H2,(H,19,21);1H. The van der Waals surface area contributed by atoms with Crippen LogP contribution in [-0.2, 0) is 9.59 Å². The molecule has 0 saturated carbocycles. The number of nitrogens with zero attached hydrogens (tertiary/aromatic N) is 1. The number of rotatable bonds is 1. The van der Waals surface area contributed by atoms with Crippen LogP contribution in [0.1, 0.15) is 32.1 Å². The van der Waals surface area contributed by atoms with Gasteiger partial charge in [0.1, 0.15) is 12.0 Å². The number of carbonyl (C=O) groups excluding carboxylic acids is 2. The van der Waals surface area contributed by atoms with Crippen molar-refractivity contribution in [1.82, 2.24) is 15.5 Å². The van der Waals surface area contributed by atoms with Gasteiger partial charge in [-0.3, -0.25) is 9.59 Å². The lowest BCUT2D eigenvalue weighted by Crippen LogP contribution is -2.56. The van der Waals surface area contributed by atoms with E-state index in [2.05, 4.69) is 5.32 Å². The molecule has 0 aromatic rings. The highest BCUT2D eigenvalue weighted by atomic mass is 35.5. The van der Waals surface area contributed by atoms with Crippen LogP contribution in [0.15, 0.2) is 0 Å². The highest BCUT2D eigenvalue weighted by Crippen LogP contribution is 2.33. The molecule has 0 spiro atoms. The zero-order valence-corrected chi connectivity index (χ0v) is 13.4. The van der Waals surface area contributed by atoms with Gasteiger partial charge in [0.25, 0.3) is 0 Å². The molecule has 0 aromatic carbocycles. The maximum atomic E-state index is 12.7. The molecule has 3 rings (SSSR count). The Morgan fingerprint density at radius 2 is 1.78 bits per heavy atom. The summed E-state index contributed by atoms with van der Waals surface area (Å²) in [7, 11) is 0. The first kappa shape index (κ1) is 18.3. The molecule has 3 saturated heterocycles. The second-order valence-corrected chi connectivity index (χ2v) is 6.36. The number of halogens is 4. The first-order valence-electron chi connectivity index (χ1n) is 7.78. The number of piperidine rings is 1. The van der Waals surface area contributed by atoms with Gasteiger partial charge in [-0.2, -0.15) is 13.2 Å². The van der Waals surface area contributed by atoms with Crippen molar-refractivity contribution in [3.8, 4) is 0 Å². The predicted molar refractivity (Wildman–Crippen MR) is 79.1 cm³/mol. The third-order valence-corrected chi connectivity index (χ3v) is 4.98. The number of hydrogen-bond donors (Lipinski definition) is 2. The first-order valence-corrected chi connectivity index (χ1v) is 7.78. The topological polar surface area (TPSA) is 61.4 Å². The molecule has 23 heavy (non-hydrogen) atoms. The van der Waals surface area contributed by atoms with Gasteiger partial charge >= 0.3 is 6.18 Å². The van der Waals surface area contributed by atoms with Crippen LogP contribution in [0.4, 0.5) is 13.2 Å². The van der Waals surface area contributed by atoms with E-state index in [1.165, 1.54) is 0 Å². The van der Waals surface area contributed by atoms with Crippen LogP contribution in [-0.4, -0.2) is 54.1 Å². The van der Waals surface area contributed by atoms with Crippen LogP contribution in [0.5, 0.6) is 0 Å². The van der Waals surface area contributed by atoms with Gasteiger partial charge < -0.3 is 15.5 Å². The molecule has 2 amide bonds. The van der Waals surface area contributed by atoms with E-state index in [1.807, 2.05) is 5.32 Å². The molecule has 3 heterocycles. The molecule has 2 N–H and O–H groups in total. The van der Waals surface area contributed by atoms with Crippen molar-refractivity contribution in [1.29, 1.82) is 0 Å². The molecular weight excluding hydrogens is 335 g/mol. The van der Waals surface area contributed by atoms with Crippen LogP contribution in [0.25, 0.3) is 0 Å². The maximum absolute atomic E-state index is 12.7. The lowest BCUT2D eigenvalue weighted by molar-refractivity contribution is -0.172. The van der Waals surface area contributed by atoms with Crippen LogP contribution >= 0.6 is 12.4 Å². The lowest BCUT2D eigenvalue weighted by Gasteiger charge is -2.35. The lowest BCUT2D eigenvalue weighted by atomic mass is 9.91. The van der Waals surface area contributed by atoms with Crippen LogP contribution in [0.2, 0.25) is 0 Å². The Morgan fingerprint density at radius 3 is 2.43 bits per heavy atom. The Hall–Kier alpha value is -1.02. The van der Waals surface area contributed by atoms with Gasteiger partial charge in [-0.15, -0.1) is 12.4 Å². The van der Waals surface area contributed by atoms with Crippen molar-refractivity contribution in [3.63, 3.8) is 0 Å². The summed E-state index contributed by atoms with van der Waals surface area (Å²) in [5.74, 6) is -2.05. The molecule has 3 aliphatic rings. The van der Waals surface area contributed by atoms with E-state index < -0.39 is 24.0 Å². The van der Waals surface area contributed by atoms with Crippen LogP contribution in [0.3, 0.4) is 0 Å². The van der Waals surface area contributed by atoms with Gasteiger partial charge in [-0.25, -0.2) is 0 Å². The van der Waals surface area contributed by atoms with E-state index in [-0.39, 0.29) is 43.2 Å². The average molecular weight is 356 g/mol. The first-order chi connectivity index (χ1) is 10.4. The summed E-state index contributed by atoms with van der Waals surface area (Å²) >= 11 is 0. The quantitative estimate of drug-likeness (QED) is 0.695. The number of nitrogens with one attached hydrogen (secondary N) is 2. The summed E-state index contributed by atoms with van der Waals surface area (Å²) in [6.45, 7) is 1.53. The minimum absolute atomic E-state index is 0. The second kappa shape index (κ2) is 6.84. The Kier molecular flexibility index (Phi) is 5.45. The molecule has 0 radical (unpaired) electrons. The summed E-state index contributed by atoms with van der Waals surface area (Å²) in [4.78, 5) is 26.4. The monoisotopic (exact) mass is 355 g/mol. The fourth-order valence-electron chi connectivity index (χ4n) is 3.81. The molecule has 4 atom stereocenters. The van der Waals surface area contributed by atoms with E-state index in [0.29, 0.717) is 6.54 Å². The SMILES string of the molecule is Cl.O=C1NC(C(F)(F)F)CCC1C(=O)N1C2CCNCC1CC2. The summed E-state index contributed by atoms with van der Waals surface area (Å²) in [5, 5.41) is 5.23. The molecular formula is C14H21ClF3N3O2. The van der Waals surface area contributed by atoms with Gasteiger partial charge in [-0.1, -0.05) is 0 Å². The van der Waals surface area contributed by atoms with Crippen molar-refractivity contribution in [2.75, 3.05) is 13.1 Å². The second-order valence-electron chi connectivity index (χ2n) is 6.36. The number of fused-ring (bicyclic) bond motifs is 2. The molecule has 2 bridgehead atoms. The van der Waals surface area contributed by atoms with Gasteiger partial charge in [0.2, 0.25) is 11.8 Å². The van der Waals surface area contributed by atoms with Gasteiger partial charge in [-0.05, 0) is 38.6 Å². The summed E-state index contributed by atoms with van der Waals surface area (Å²) in [5.41, 5.74) is 0. The van der Waals surface area contributed by atoms with E-state index in [1.54, 1.807) is 4.90 Å². The zero-order valence-electron chi connectivity index (χ0n) is 12.6. The molecule has 132 valence electrons. The fourth-order valence-corrected chi connectivity index (χ4v) is 3.81. The minimum Gasteiger partial charge on any atom is -0.344 e. The van der Waals surface area contributed by atoms with E-state index in [9.17, 15) is 22.8 Å². The van der Waals surface area contributed by atoms with Crippen molar-refractivity contribution < 1.29 is 22.8 Å². The normalized spacial score (nSPS) is 34.4. The van der Waals surface area contributed by atoms with Crippen molar-refractivity contribution in [2.45, 2.75) is 56.4 Å². The maximum Gasteiger partial charge on any atom is 0.408 e. The smallest absolute Gasteiger partial charge is 0.344 e. The van der Waals surface area contributed by atoms with Gasteiger partial charge in [0.15, 0.2) is 0 Å². The Bertz CT molecular complexity index is 461. The molecule has 0 aromatic heterocycles. The van der Waals surface area contributed by atoms with Crippen molar-refractivity contribution >= 4 is 24.2 Å². The van der Waals surface area contributed by atoms with E-state index in [0.717, 1.165) is 25.8 Å². The molecule has 9 heteroatoms. The predicted octanol–water partition coefficient (Wildman–Crippen LogP) is 1.22. The summed E-state index contributed by atoms with van der Waals surface area (Å²) in [6, 6.07) is -1.65. The molecule has 3 aliphatic heterocycles. The molecule has 3 fully saturated rings. The number of alkyl halides is 3. The number of amides is 2. The Morgan fingerprint density at radius 1 is 1.09 bits per heavy atom. The fraction of sp³-hybridized carbons (Fsp3) is 0.857. The molecule has 4 unspecified atom stereocenters. The van der Waals surface area contributed by atoms with Crippen molar-refractivity contribution in [3.05, 3.63) is 0 Å². The molecule has 5 nitrogen and oxygen atoms in total. The highest BCUT2D eigenvalue weighted by Gasteiger charge is 2.48. The highest BCUT2D eigenvalue weighted by molar-refractivity contribution is 6.01. The largest absolute Gasteiger partial charge is 0.408 e. The summed E-state index contributed by atoms with van der Waals surface area (Å²) < 4.78 is 38.0. The van der Waals surface area contributed by atoms with Crippen LogP contribution in [0, 0.1) is 5.92 Å². The van der Waals surface area contributed by atoms with Gasteiger partial charge in [0, 0.05) is 18.6 Å². The average Bonchev–Trinajstić information content (AvgIpc) is 2.70. The van der Waals surface area contributed by atoms with Crippen LogP contribution < -0.4 is 10.6 Å². The molecule has 0 aliphatic carbocycles. The Balaban J connectivity index is 0.00000192. The summed E-state index contributed by atoms with van der Waals surface area (Å²) in [6.07, 6.45) is -2.07. The van der Waals surface area contributed by atoms with E-state index >= 15 is 0 Å². The van der Waals surface area contributed by atoms with Crippen molar-refractivity contribution in [2.24, 2.45) is 5.92 Å². The minimum atomic E-state index is -4.45. The third kappa shape index (κ3) is 3.57.